The number of nitrogens with zero attached hydrogens (tertiary/aromatic N) is 2. The Morgan fingerprint density at radius 1 is 1.22 bits per heavy atom. The fourth-order valence-electron chi connectivity index (χ4n) is 3.38. The summed E-state index contributed by atoms with van der Waals surface area (Å²) in [5.41, 5.74) is 2.61. The molecule has 1 heterocycles. The second-order valence-corrected chi connectivity index (χ2v) is 7.43. The van der Waals surface area contributed by atoms with Crippen LogP contribution in [0.25, 0.3) is 0 Å². The molecule has 1 fully saturated rings. The molecule has 1 aliphatic heterocycles. The monoisotopic (exact) mass is 384 g/mol. The van der Waals surface area contributed by atoms with Crippen molar-refractivity contribution in [3.8, 4) is 0 Å². The average molecular weight is 385 g/mol. The van der Waals surface area contributed by atoms with Gasteiger partial charge in [-0.05, 0) is 43.2 Å². The van der Waals surface area contributed by atoms with Gasteiger partial charge in [-0.1, -0.05) is 49.2 Å². The van der Waals surface area contributed by atoms with Crippen LogP contribution in [0.4, 0.5) is 11.4 Å². The highest BCUT2D eigenvalue weighted by molar-refractivity contribution is 6.31. The molecule has 4 nitrogen and oxygen atoms in total. The first-order valence-corrected chi connectivity index (χ1v) is 9.82. The van der Waals surface area contributed by atoms with Gasteiger partial charge >= 0.3 is 0 Å². The van der Waals surface area contributed by atoms with Crippen LogP contribution < -0.4 is 9.80 Å². The summed E-state index contributed by atoms with van der Waals surface area (Å²) in [6.45, 7) is 5.10. The number of anilines is 2. The van der Waals surface area contributed by atoms with E-state index < -0.39 is 0 Å². The summed E-state index contributed by atoms with van der Waals surface area (Å²) in [6, 6.07) is 15.3. The quantitative estimate of drug-likeness (QED) is 0.715. The van der Waals surface area contributed by atoms with Crippen molar-refractivity contribution in [1.29, 1.82) is 0 Å². The van der Waals surface area contributed by atoms with Gasteiger partial charge in [0, 0.05) is 35.9 Å². The fraction of sp³-hybridized carbons (Fsp3) is 0.364. The van der Waals surface area contributed by atoms with Gasteiger partial charge in [0.15, 0.2) is 0 Å². The number of hydrogen-bond donors (Lipinski definition) is 0. The summed E-state index contributed by atoms with van der Waals surface area (Å²) in [5, 5.41) is 0.629. The molecule has 0 N–H and O–H groups in total. The number of carbonyl (C=O) groups excluding carboxylic acids is 2. The van der Waals surface area contributed by atoms with E-state index >= 15 is 0 Å². The maximum absolute atomic E-state index is 13.2. The second kappa shape index (κ2) is 8.57. The van der Waals surface area contributed by atoms with E-state index in [0.717, 1.165) is 29.8 Å². The van der Waals surface area contributed by atoms with Crippen LogP contribution in [-0.4, -0.2) is 24.9 Å². The van der Waals surface area contributed by atoms with E-state index in [4.69, 9.17) is 11.6 Å². The molecule has 2 amide bonds. The molecule has 0 radical (unpaired) electrons. The fourth-order valence-corrected chi connectivity index (χ4v) is 3.56. The minimum Gasteiger partial charge on any atom is -0.312 e. The Hall–Kier alpha value is -2.33. The lowest BCUT2D eigenvalue weighted by molar-refractivity contribution is -0.124. The van der Waals surface area contributed by atoms with Gasteiger partial charge in [0.25, 0.3) is 0 Å². The second-order valence-electron chi connectivity index (χ2n) is 7.02. The average Bonchev–Trinajstić information content (AvgIpc) is 3.07. The van der Waals surface area contributed by atoms with E-state index in [1.165, 1.54) is 0 Å². The summed E-state index contributed by atoms with van der Waals surface area (Å²) in [5.74, 6) is -0.352. The topological polar surface area (TPSA) is 40.6 Å². The van der Waals surface area contributed by atoms with Crippen molar-refractivity contribution in [2.75, 3.05) is 22.9 Å². The van der Waals surface area contributed by atoms with Crippen LogP contribution >= 0.6 is 11.6 Å². The molecule has 0 unspecified atom stereocenters. The summed E-state index contributed by atoms with van der Waals surface area (Å²) in [6.07, 6.45) is 2.17. The summed E-state index contributed by atoms with van der Waals surface area (Å²) in [7, 11) is 0. The van der Waals surface area contributed by atoms with Gasteiger partial charge in [0.05, 0.1) is 5.92 Å². The first kappa shape index (κ1) is 19.4. The lowest BCUT2D eigenvalue weighted by atomic mass is 10.1. The van der Waals surface area contributed by atoms with Crippen LogP contribution in [0, 0.1) is 12.8 Å². The highest BCUT2D eigenvalue weighted by atomic mass is 35.5. The number of rotatable bonds is 6. The Balaban J connectivity index is 1.79. The number of hydrogen-bond acceptors (Lipinski definition) is 2. The van der Waals surface area contributed by atoms with Crippen LogP contribution in [0.5, 0.6) is 0 Å². The molecule has 1 atom stereocenters. The maximum atomic E-state index is 13.2. The van der Waals surface area contributed by atoms with E-state index in [1.807, 2.05) is 54.3 Å². The summed E-state index contributed by atoms with van der Waals surface area (Å²) >= 11 is 6.21. The zero-order chi connectivity index (χ0) is 19.4. The smallest absolute Gasteiger partial charge is 0.232 e. The van der Waals surface area contributed by atoms with E-state index in [-0.39, 0.29) is 24.2 Å². The van der Waals surface area contributed by atoms with Crippen molar-refractivity contribution in [3.05, 3.63) is 59.1 Å². The minimum atomic E-state index is -0.338. The molecule has 0 aromatic heterocycles. The molecule has 0 spiro atoms. The van der Waals surface area contributed by atoms with Crippen LogP contribution in [0.2, 0.25) is 5.02 Å². The summed E-state index contributed by atoms with van der Waals surface area (Å²) in [4.78, 5) is 29.3. The van der Waals surface area contributed by atoms with Gasteiger partial charge in [-0.15, -0.1) is 0 Å². The zero-order valence-electron chi connectivity index (χ0n) is 15.8. The Morgan fingerprint density at radius 3 is 2.63 bits per heavy atom. The third-order valence-corrected chi connectivity index (χ3v) is 5.42. The van der Waals surface area contributed by atoms with Crippen molar-refractivity contribution in [2.24, 2.45) is 5.92 Å². The Bertz CT molecular complexity index is 822. The van der Waals surface area contributed by atoms with Crippen molar-refractivity contribution >= 4 is 34.8 Å². The number of para-hydroxylation sites is 1. The largest absolute Gasteiger partial charge is 0.312 e. The molecule has 5 heteroatoms. The van der Waals surface area contributed by atoms with Gasteiger partial charge < -0.3 is 9.80 Å². The minimum absolute atomic E-state index is 0.0173. The van der Waals surface area contributed by atoms with Crippen molar-refractivity contribution in [1.82, 2.24) is 0 Å². The molecule has 27 heavy (non-hydrogen) atoms. The van der Waals surface area contributed by atoms with Crippen molar-refractivity contribution in [2.45, 2.75) is 33.1 Å². The zero-order valence-corrected chi connectivity index (χ0v) is 16.6. The normalized spacial score (nSPS) is 16.6. The number of amides is 2. The third-order valence-electron chi connectivity index (χ3n) is 5.01. The van der Waals surface area contributed by atoms with Gasteiger partial charge in [-0.3, -0.25) is 9.59 Å². The molecule has 1 saturated heterocycles. The van der Waals surface area contributed by atoms with Gasteiger partial charge in [0.1, 0.15) is 0 Å². The first-order chi connectivity index (χ1) is 13.0. The van der Waals surface area contributed by atoms with Gasteiger partial charge in [0.2, 0.25) is 11.8 Å². The predicted molar refractivity (Wildman–Crippen MR) is 110 cm³/mol. The lowest BCUT2D eigenvalue weighted by Gasteiger charge is -2.26. The number of halogens is 1. The molecule has 3 rings (SSSR count). The third kappa shape index (κ3) is 4.33. The van der Waals surface area contributed by atoms with Crippen LogP contribution in [0.15, 0.2) is 48.5 Å². The highest BCUT2D eigenvalue weighted by Crippen LogP contribution is 2.30. The number of benzene rings is 2. The van der Waals surface area contributed by atoms with E-state index in [1.54, 1.807) is 11.0 Å². The number of aryl methyl sites for hydroxylation is 1. The Kier molecular flexibility index (Phi) is 6.17. The van der Waals surface area contributed by atoms with Crippen LogP contribution in [0.1, 0.15) is 31.7 Å². The SMILES string of the molecule is CCCCN(C(=O)[C@@H]1CC(=O)N(c2ccc(C)c(Cl)c2)C1)c1ccccc1. The molecule has 2 aromatic carbocycles. The molecule has 1 aliphatic rings. The van der Waals surface area contributed by atoms with Gasteiger partial charge in [-0.2, -0.15) is 0 Å². The van der Waals surface area contributed by atoms with Crippen molar-refractivity contribution in [3.63, 3.8) is 0 Å². The lowest BCUT2D eigenvalue weighted by Crippen LogP contribution is -2.38. The standard InChI is InChI=1S/C22H25ClN2O2/c1-3-4-12-24(18-8-6-5-7-9-18)22(27)17-13-21(26)25(15-17)19-11-10-16(2)20(23)14-19/h5-11,14,17H,3-4,12-13,15H2,1-2H3/t17-/m1/s1. The van der Waals surface area contributed by atoms with E-state index in [9.17, 15) is 9.59 Å². The summed E-state index contributed by atoms with van der Waals surface area (Å²) < 4.78 is 0. The molecule has 0 saturated carbocycles. The van der Waals surface area contributed by atoms with Gasteiger partial charge in [-0.25, -0.2) is 0 Å². The molecular weight excluding hydrogens is 360 g/mol. The Morgan fingerprint density at radius 2 is 1.96 bits per heavy atom. The predicted octanol–water partition coefficient (Wildman–Crippen LogP) is 4.83. The molecule has 0 aliphatic carbocycles. The Labute approximate surface area is 165 Å². The van der Waals surface area contributed by atoms with E-state index in [2.05, 4.69) is 6.92 Å². The number of unbranched alkanes of at least 4 members (excludes halogenated alkanes) is 1. The first-order valence-electron chi connectivity index (χ1n) is 9.44. The van der Waals surface area contributed by atoms with Crippen LogP contribution in [-0.2, 0) is 9.59 Å². The molecular formula is C22H25ClN2O2. The van der Waals surface area contributed by atoms with Crippen molar-refractivity contribution < 1.29 is 9.59 Å². The maximum Gasteiger partial charge on any atom is 0.232 e. The van der Waals surface area contributed by atoms with E-state index in [0.29, 0.717) is 18.1 Å². The molecule has 2 aromatic rings. The van der Waals surface area contributed by atoms with Crippen LogP contribution in [0.3, 0.4) is 0 Å². The highest BCUT2D eigenvalue weighted by Gasteiger charge is 2.37. The molecule has 142 valence electrons. The molecule has 0 bridgehead atoms. The number of carbonyl (C=O) groups is 2.